The summed E-state index contributed by atoms with van der Waals surface area (Å²) >= 11 is 0. The molecule has 1 aliphatic carbocycles. The Kier molecular flexibility index (Phi) is 2.61. The summed E-state index contributed by atoms with van der Waals surface area (Å²) in [4.78, 5) is 24.8. The molecule has 0 amide bonds. The first kappa shape index (κ1) is 12.4. The average Bonchev–Trinajstić information content (AvgIpc) is 2.54. The van der Waals surface area contributed by atoms with Crippen molar-refractivity contribution in [2.24, 2.45) is 0 Å². The van der Waals surface area contributed by atoms with Crippen LogP contribution in [0.5, 0.6) is 11.5 Å². The highest BCUT2D eigenvalue weighted by Gasteiger charge is 2.30. The number of aryl methyl sites for hydroxylation is 1. The van der Waals surface area contributed by atoms with E-state index < -0.39 is 11.5 Å². The molecule has 0 atom stereocenters. The topological polar surface area (TPSA) is 74.6 Å². The molecule has 0 bridgehead atoms. The van der Waals surface area contributed by atoms with Crippen molar-refractivity contribution in [1.82, 2.24) is 0 Å². The first-order valence-electron chi connectivity index (χ1n) is 6.22. The van der Waals surface area contributed by atoms with Crippen molar-refractivity contribution in [3.05, 3.63) is 58.1 Å². The van der Waals surface area contributed by atoms with E-state index in [9.17, 15) is 19.8 Å². The second-order valence-corrected chi connectivity index (χ2v) is 4.89. The predicted octanol–water partition coefficient (Wildman–Crippen LogP) is 2.38. The van der Waals surface area contributed by atoms with Gasteiger partial charge in [0.1, 0.15) is 0 Å². The van der Waals surface area contributed by atoms with Crippen LogP contribution in [0.2, 0.25) is 0 Å². The largest absolute Gasteiger partial charge is 0.504 e. The molecule has 3 rings (SSSR count). The molecule has 0 saturated heterocycles. The summed E-state index contributed by atoms with van der Waals surface area (Å²) in [5.74, 6) is -1.40. The van der Waals surface area contributed by atoms with Crippen molar-refractivity contribution in [3.8, 4) is 11.5 Å². The summed E-state index contributed by atoms with van der Waals surface area (Å²) in [5.41, 5.74) is 1.74. The maximum atomic E-state index is 12.6. The van der Waals surface area contributed by atoms with Gasteiger partial charge in [0.15, 0.2) is 23.1 Å². The highest BCUT2D eigenvalue weighted by Crippen LogP contribution is 2.38. The molecule has 0 aliphatic heterocycles. The molecule has 2 aromatic rings. The van der Waals surface area contributed by atoms with Gasteiger partial charge in [-0.3, -0.25) is 9.59 Å². The van der Waals surface area contributed by atoms with Crippen LogP contribution in [0, 0.1) is 6.92 Å². The van der Waals surface area contributed by atoms with Crippen LogP contribution < -0.4 is 0 Å². The molecular weight excluding hydrogens is 256 g/mol. The summed E-state index contributed by atoms with van der Waals surface area (Å²) in [6.07, 6.45) is 0.0394. The van der Waals surface area contributed by atoms with Crippen molar-refractivity contribution in [2.75, 3.05) is 0 Å². The summed E-state index contributed by atoms with van der Waals surface area (Å²) in [7, 11) is 0. The number of Topliss-reactive ketones (excluding diaryl/α,β-unsaturated/α-hetero) is 1. The molecular formula is C16H12O4. The number of hydrogen-bond acceptors (Lipinski definition) is 4. The average molecular weight is 268 g/mol. The van der Waals surface area contributed by atoms with Crippen LogP contribution in [0.3, 0.4) is 0 Å². The lowest BCUT2D eigenvalue weighted by molar-refractivity contribution is 0.0984. The Morgan fingerprint density at radius 2 is 1.70 bits per heavy atom. The molecule has 20 heavy (non-hydrogen) atoms. The quantitative estimate of drug-likeness (QED) is 0.719. The first-order chi connectivity index (χ1) is 9.50. The van der Waals surface area contributed by atoms with Gasteiger partial charge in [0.05, 0.1) is 5.56 Å². The zero-order valence-corrected chi connectivity index (χ0v) is 10.8. The zero-order chi connectivity index (χ0) is 14.4. The molecule has 1 aliphatic rings. The van der Waals surface area contributed by atoms with E-state index in [1.54, 1.807) is 31.2 Å². The SMILES string of the molecule is Cc1cc(O)c(O)c2c1CC(=O)c1ccccc1C2=O. The predicted molar refractivity (Wildman–Crippen MR) is 72.4 cm³/mol. The number of carbonyl (C=O) groups excluding carboxylic acids is 2. The van der Waals surface area contributed by atoms with Gasteiger partial charge >= 0.3 is 0 Å². The van der Waals surface area contributed by atoms with Crippen molar-refractivity contribution < 1.29 is 19.8 Å². The fourth-order valence-electron chi connectivity index (χ4n) is 2.62. The van der Waals surface area contributed by atoms with Crippen molar-refractivity contribution in [1.29, 1.82) is 0 Å². The molecule has 0 saturated carbocycles. The summed E-state index contributed by atoms with van der Waals surface area (Å²) in [5, 5.41) is 19.7. The van der Waals surface area contributed by atoms with E-state index in [1.807, 2.05) is 0 Å². The van der Waals surface area contributed by atoms with Crippen molar-refractivity contribution >= 4 is 11.6 Å². The highest BCUT2D eigenvalue weighted by atomic mass is 16.3. The van der Waals surface area contributed by atoms with Crippen LogP contribution in [-0.4, -0.2) is 21.8 Å². The van der Waals surface area contributed by atoms with E-state index >= 15 is 0 Å². The standard InChI is InChI=1S/C16H12O4/c1-8-6-13(18)16(20)14-11(8)7-12(17)9-4-2-3-5-10(9)15(14)19/h2-6,18,20H,7H2,1H3. The molecule has 0 heterocycles. The Labute approximate surface area is 115 Å². The van der Waals surface area contributed by atoms with Crippen LogP contribution in [0.4, 0.5) is 0 Å². The number of benzene rings is 2. The van der Waals surface area contributed by atoms with Gasteiger partial charge in [-0.15, -0.1) is 0 Å². The van der Waals surface area contributed by atoms with E-state index in [0.717, 1.165) is 0 Å². The maximum Gasteiger partial charge on any atom is 0.197 e. The molecule has 4 heteroatoms. The Morgan fingerprint density at radius 1 is 1.05 bits per heavy atom. The maximum absolute atomic E-state index is 12.6. The van der Waals surface area contributed by atoms with Crippen LogP contribution in [-0.2, 0) is 6.42 Å². The number of rotatable bonds is 0. The lowest BCUT2D eigenvalue weighted by Crippen LogP contribution is -2.06. The Morgan fingerprint density at radius 3 is 2.40 bits per heavy atom. The van der Waals surface area contributed by atoms with Gasteiger partial charge in [-0.1, -0.05) is 24.3 Å². The van der Waals surface area contributed by atoms with Gasteiger partial charge in [-0.2, -0.15) is 0 Å². The van der Waals surface area contributed by atoms with E-state index in [-0.39, 0.29) is 29.1 Å². The molecule has 0 fully saturated rings. The molecule has 4 nitrogen and oxygen atoms in total. The smallest absolute Gasteiger partial charge is 0.197 e. The fourth-order valence-corrected chi connectivity index (χ4v) is 2.62. The molecule has 0 radical (unpaired) electrons. The third kappa shape index (κ3) is 1.61. The Hall–Kier alpha value is -2.62. The van der Waals surface area contributed by atoms with Crippen LogP contribution >= 0.6 is 0 Å². The number of aromatic hydroxyl groups is 2. The monoisotopic (exact) mass is 268 g/mol. The number of ketones is 2. The second-order valence-electron chi connectivity index (χ2n) is 4.89. The van der Waals surface area contributed by atoms with Gasteiger partial charge in [0, 0.05) is 17.5 Å². The molecule has 2 aromatic carbocycles. The van der Waals surface area contributed by atoms with Gasteiger partial charge in [-0.25, -0.2) is 0 Å². The minimum atomic E-state index is -0.458. The molecule has 100 valence electrons. The van der Waals surface area contributed by atoms with Gasteiger partial charge < -0.3 is 10.2 Å². The highest BCUT2D eigenvalue weighted by molar-refractivity contribution is 6.20. The zero-order valence-electron chi connectivity index (χ0n) is 10.8. The first-order valence-corrected chi connectivity index (χ1v) is 6.22. The summed E-state index contributed by atoms with van der Waals surface area (Å²) in [6.45, 7) is 1.70. The Bertz CT molecular complexity index is 759. The van der Waals surface area contributed by atoms with E-state index in [2.05, 4.69) is 0 Å². The number of carbonyl (C=O) groups is 2. The minimum Gasteiger partial charge on any atom is -0.504 e. The lowest BCUT2D eigenvalue weighted by atomic mass is 9.94. The summed E-state index contributed by atoms with van der Waals surface area (Å²) < 4.78 is 0. The van der Waals surface area contributed by atoms with Crippen molar-refractivity contribution in [2.45, 2.75) is 13.3 Å². The minimum absolute atomic E-state index is 0.0285. The van der Waals surface area contributed by atoms with E-state index in [0.29, 0.717) is 16.7 Å². The number of fused-ring (bicyclic) bond motifs is 2. The second kappa shape index (κ2) is 4.20. The van der Waals surface area contributed by atoms with Gasteiger partial charge in [0.25, 0.3) is 0 Å². The molecule has 2 N–H and O–H groups in total. The molecule has 0 unspecified atom stereocenters. The van der Waals surface area contributed by atoms with Crippen molar-refractivity contribution in [3.63, 3.8) is 0 Å². The molecule has 0 spiro atoms. The number of phenolic OH excluding ortho intramolecular Hbond substituents is 2. The normalized spacial score (nSPS) is 13.7. The molecule has 0 aromatic heterocycles. The lowest BCUT2D eigenvalue weighted by Gasteiger charge is -2.11. The number of hydrogen-bond donors (Lipinski definition) is 2. The van der Waals surface area contributed by atoms with Gasteiger partial charge in [0.2, 0.25) is 0 Å². The Balaban J connectivity index is 2.38. The van der Waals surface area contributed by atoms with E-state index in [4.69, 9.17) is 0 Å². The van der Waals surface area contributed by atoms with Gasteiger partial charge in [-0.05, 0) is 24.1 Å². The third-order valence-electron chi connectivity index (χ3n) is 3.65. The van der Waals surface area contributed by atoms with E-state index in [1.165, 1.54) is 6.07 Å². The fraction of sp³-hybridized carbons (Fsp3) is 0.125. The third-order valence-corrected chi connectivity index (χ3v) is 3.65. The van der Waals surface area contributed by atoms with Crippen LogP contribution in [0.15, 0.2) is 30.3 Å². The number of phenols is 2. The van der Waals surface area contributed by atoms with Crippen LogP contribution in [0.1, 0.15) is 37.4 Å². The van der Waals surface area contributed by atoms with Crippen LogP contribution in [0.25, 0.3) is 0 Å². The summed E-state index contributed by atoms with van der Waals surface area (Å²) in [6, 6.07) is 7.90.